The third-order valence-corrected chi connectivity index (χ3v) is 4.97. The van der Waals surface area contributed by atoms with Crippen LogP contribution in [-0.2, 0) is 16.1 Å². The number of carbonyl (C=O) groups excluding carboxylic acids is 2. The molecule has 0 aliphatic carbocycles. The van der Waals surface area contributed by atoms with Crippen LogP contribution in [-0.4, -0.2) is 46.8 Å². The fourth-order valence-electron chi connectivity index (χ4n) is 3.34. The van der Waals surface area contributed by atoms with Crippen molar-refractivity contribution >= 4 is 11.8 Å². The highest BCUT2D eigenvalue weighted by Gasteiger charge is 2.41. The smallest absolute Gasteiger partial charge is 0.274 e. The van der Waals surface area contributed by atoms with Gasteiger partial charge in [-0.2, -0.15) is 0 Å². The van der Waals surface area contributed by atoms with Crippen LogP contribution in [0.3, 0.4) is 0 Å². The van der Waals surface area contributed by atoms with Gasteiger partial charge in [0.25, 0.3) is 11.8 Å². The Morgan fingerprint density at radius 3 is 2.84 bits per heavy atom. The van der Waals surface area contributed by atoms with Crippen molar-refractivity contribution in [3.05, 3.63) is 29.3 Å². The molecule has 2 heterocycles. The fourth-order valence-corrected chi connectivity index (χ4v) is 3.34. The fraction of sp³-hybridized carbons (Fsp3) is 0.556. The zero-order valence-electron chi connectivity index (χ0n) is 14.6. The zero-order chi connectivity index (χ0) is 18.0. The lowest BCUT2D eigenvalue weighted by Gasteiger charge is -2.38. The van der Waals surface area contributed by atoms with Gasteiger partial charge in [0.05, 0.1) is 6.04 Å². The van der Waals surface area contributed by atoms with Crippen LogP contribution in [0.25, 0.3) is 0 Å². The first-order chi connectivity index (χ1) is 11.9. The molecule has 2 atom stereocenters. The third-order valence-electron chi connectivity index (χ3n) is 4.97. The molecule has 25 heavy (non-hydrogen) atoms. The number of hydrogen-bond donors (Lipinski definition) is 2. The molecular weight excluding hydrogens is 324 g/mol. The van der Waals surface area contributed by atoms with Crippen LogP contribution in [0.15, 0.2) is 18.2 Å². The number of nitrogens with zero attached hydrogens (tertiary/aromatic N) is 1. The lowest BCUT2D eigenvalue weighted by Crippen LogP contribution is -2.53. The van der Waals surface area contributed by atoms with Gasteiger partial charge >= 0.3 is 0 Å². The van der Waals surface area contributed by atoms with E-state index in [2.05, 4.69) is 0 Å². The lowest BCUT2D eigenvalue weighted by atomic mass is 9.93. The minimum Gasteiger partial charge on any atom is -0.491 e. The SMILES string of the molecule is CC1COc2cc(C(=O)NO)ccc2CN1C(=O)[C@@]1(C)CCCCO1. The Labute approximate surface area is 146 Å². The maximum atomic E-state index is 13.1. The van der Waals surface area contributed by atoms with Crippen molar-refractivity contribution in [3.63, 3.8) is 0 Å². The van der Waals surface area contributed by atoms with E-state index in [0.29, 0.717) is 31.1 Å². The van der Waals surface area contributed by atoms with Crippen LogP contribution in [0.5, 0.6) is 5.75 Å². The number of hydroxylamine groups is 1. The second kappa shape index (κ2) is 7.01. The summed E-state index contributed by atoms with van der Waals surface area (Å²) in [6.07, 6.45) is 2.69. The molecule has 1 aromatic rings. The molecule has 2 aliphatic heterocycles. The summed E-state index contributed by atoms with van der Waals surface area (Å²) in [5.41, 5.74) is 1.96. The summed E-state index contributed by atoms with van der Waals surface area (Å²) < 4.78 is 11.6. The Morgan fingerprint density at radius 2 is 2.16 bits per heavy atom. The van der Waals surface area contributed by atoms with Crippen LogP contribution in [0.2, 0.25) is 0 Å². The summed E-state index contributed by atoms with van der Waals surface area (Å²) in [4.78, 5) is 26.5. The van der Waals surface area contributed by atoms with E-state index in [1.807, 2.05) is 13.8 Å². The third kappa shape index (κ3) is 3.48. The predicted octanol–water partition coefficient (Wildman–Crippen LogP) is 1.87. The lowest BCUT2D eigenvalue weighted by molar-refractivity contribution is -0.165. The van der Waals surface area contributed by atoms with Crippen molar-refractivity contribution in [1.82, 2.24) is 10.4 Å². The highest BCUT2D eigenvalue weighted by atomic mass is 16.5. The van der Waals surface area contributed by atoms with Gasteiger partial charge in [0.2, 0.25) is 0 Å². The quantitative estimate of drug-likeness (QED) is 0.629. The van der Waals surface area contributed by atoms with Gasteiger partial charge in [-0.25, -0.2) is 5.48 Å². The molecule has 0 bridgehead atoms. The predicted molar refractivity (Wildman–Crippen MR) is 89.4 cm³/mol. The van der Waals surface area contributed by atoms with Crippen molar-refractivity contribution in [2.24, 2.45) is 0 Å². The van der Waals surface area contributed by atoms with Gasteiger partial charge in [-0.3, -0.25) is 14.8 Å². The van der Waals surface area contributed by atoms with E-state index in [9.17, 15) is 9.59 Å². The summed E-state index contributed by atoms with van der Waals surface area (Å²) in [5, 5.41) is 8.77. The normalized spacial score (nSPS) is 26.2. The van der Waals surface area contributed by atoms with Crippen LogP contribution >= 0.6 is 0 Å². The molecular formula is C18H24N2O5. The van der Waals surface area contributed by atoms with Crippen LogP contribution in [0.1, 0.15) is 49.0 Å². The Morgan fingerprint density at radius 1 is 1.36 bits per heavy atom. The molecule has 2 amide bonds. The van der Waals surface area contributed by atoms with Crippen LogP contribution in [0, 0.1) is 0 Å². The van der Waals surface area contributed by atoms with Crippen molar-refractivity contribution in [2.75, 3.05) is 13.2 Å². The van der Waals surface area contributed by atoms with Crippen molar-refractivity contribution in [3.8, 4) is 5.75 Å². The van der Waals surface area contributed by atoms with Crippen molar-refractivity contribution in [1.29, 1.82) is 0 Å². The van der Waals surface area contributed by atoms with Gasteiger partial charge in [0, 0.05) is 24.3 Å². The summed E-state index contributed by atoms with van der Waals surface area (Å²) in [7, 11) is 0. The number of benzene rings is 1. The Kier molecular flexibility index (Phi) is 4.96. The van der Waals surface area contributed by atoms with E-state index >= 15 is 0 Å². The number of fused-ring (bicyclic) bond motifs is 1. The molecule has 3 rings (SSSR count). The largest absolute Gasteiger partial charge is 0.491 e. The highest BCUT2D eigenvalue weighted by molar-refractivity contribution is 5.94. The number of ether oxygens (including phenoxy) is 2. The molecule has 136 valence electrons. The molecule has 2 N–H and O–H groups in total. The maximum Gasteiger partial charge on any atom is 0.274 e. The average Bonchev–Trinajstić information content (AvgIpc) is 2.79. The molecule has 0 spiro atoms. The van der Waals surface area contributed by atoms with Crippen molar-refractivity contribution < 1.29 is 24.3 Å². The maximum absolute atomic E-state index is 13.1. The molecule has 0 aromatic heterocycles. The number of amides is 2. The first-order valence-electron chi connectivity index (χ1n) is 8.60. The first kappa shape index (κ1) is 17.7. The monoisotopic (exact) mass is 348 g/mol. The van der Waals surface area contributed by atoms with Gasteiger partial charge in [0.1, 0.15) is 18.0 Å². The molecule has 1 fully saturated rings. The van der Waals surface area contributed by atoms with E-state index in [1.165, 1.54) is 0 Å². The molecule has 1 unspecified atom stereocenters. The van der Waals surface area contributed by atoms with Crippen molar-refractivity contribution in [2.45, 2.75) is 51.3 Å². The molecule has 7 heteroatoms. The Hall–Kier alpha value is -2.12. The standard InChI is InChI=1S/C18H24N2O5/c1-12-11-24-15-9-13(16(21)19-23)5-6-14(15)10-20(12)17(22)18(2)7-3-4-8-25-18/h5-6,9,12,23H,3-4,7-8,10-11H2,1-2H3,(H,19,21)/t12?,18-/m1/s1. The van der Waals surface area contributed by atoms with E-state index in [4.69, 9.17) is 14.7 Å². The van der Waals surface area contributed by atoms with E-state index < -0.39 is 11.5 Å². The second-order valence-corrected chi connectivity index (χ2v) is 6.89. The first-order valence-corrected chi connectivity index (χ1v) is 8.60. The Bertz CT molecular complexity index is 669. The number of nitrogens with one attached hydrogen (secondary N) is 1. The molecule has 0 radical (unpaired) electrons. The average molecular weight is 348 g/mol. The second-order valence-electron chi connectivity index (χ2n) is 6.89. The molecule has 2 aliphatic rings. The summed E-state index contributed by atoms with van der Waals surface area (Å²) in [6, 6.07) is 4.82. The van der Waals surface area contributed by atoms with Gasteiger partial charge < -0.3 is 14.4 Å². The van der Waals surface area contributed by atoms with Crippen LogP contribution < -0.4 is 10.2 Å². The molecule has 1 saturated heterocycles. The van der Waals surface area contributed by atoms with Gasteiger partial charge in [-0.1, -0.05) is 6.07 Å². The topological polar surface area (TPSA) is 88.1 Å². The summed E-state index contributed by atoms with van der Waals surface area (Å²) >= 11 is 0. The number of hydrogen-bond acceptors (Lipinski definition) is 5. The minimum atomic E-state index is -0.784. The zero-order valence-corrected chi connectivity index (χ0v) is 14.6. The number of rotatable bonds is 2. The van der Waals surface area contributed by atoms with E-state index in [-0.39, 0.29) is 11.9 Å². The summed E-state index contributed by atoms with van der Waals surface area (Å²) in [5.74, 6) is -0.0639. The molecule has 1 aromatic carbocycles. The minimum absolute atomic E-state index is 0.0201. The summed E-state index contributed by atoms with van der Waals surface area (Å²) in [6.45, 7) is 5.14. The van der Waals surface area contributed by atoms with Gasteiger partial charge in [-0.05, 0) is 45.2 Å². The Balaban J connectivity index is 1.85. The molecule has 7 nitrogen and oxygen atoms in total. The molecule has 0 saturated carbocycles. The van der Waals surface area contributed by atoms with Gasteiger partial charge in [0.15, 0.2) is 0 Å². The van der Waals surface area contributed by atoms with E-state index in [0.717, 1.165) is 24.8 Å². The van der Waals surface area contributed by atoms with E-state index in [1.54, 1.807) is 28.6 Å². The van der Waals surface area contributed by atoms with Gasteiger partial charge in [-0.15, -0.1) is 0 Å². The van der Waals surface area contributed by atoms with Crippen LogP contribution in [0.4, 0.5) is 0 Å². The number of carbonyl (C=O) groups is 2. The highest BCUT2D eigenvalue weighted by Crippen LogP contribution is 2.31.